The summed E-state index contributed by atoms with van der Waals surface area (Å²) < 4.78 is 28.1. The number of fused-ring (bicyclic) bond motifs is 3. The van der Waals surface area contributed by atoms with Crippen LogP contribution in [-0.4, -0.2) is 44.1 Å². The van der Waals surface area contributed by atoms with E-state index in [2.05, 4.69) is 5.32 Å². The van der Waals surface area contributed by atoms with Gasteiger partial charge < -0.3 is 23.6 Å². The molecule has 3 saturated heterocycles. The quantitative estimate of drug-likeness (QED) is 0.760. The molecule has 1 amide bonds. The Labute approximate surface area is 139 Å². The Balaban J connectivity index is 1.39. The fourth-order valence-corrected chi connectivity index (χ4v) is 2.82. The Morgan fingerprint density at radius 2 is 1.67 bits per heavy atom. The van der Waals surface area contributed by atoms with Crippen LogP contribution in [0, 0.1) is 0 Å². The van der Waals surface area contributed by atoms with Crippen LogP contribution in [0.5, 0.6) is 0 Å². The van der Waals surface area contributed by atoms with Crippen molar-refractivity contribution in [2.24, 2.45) is 0 Å². The lowest BCUT2D eigenvalue weighted by Crippen LogP contribution is -2.71. The van der Waals surface area contributed by atoms with Gasteiger partial charge in [0.2, 0.25) is 5.91 Å². The second-order valence-corrected chi connectivity index (χ2v) is 6.34. The first-order valence-electron chi connectivity index (χ1n) is 8.09. The highest BCUT2D eigenvalue weighted by molar-refractivity contribution is 6.53. The Kier molecular flexibility index (Phi) is 4.98. The molecule has 1 N–H and O–H groups in total. The molecule has 0 radical (unpaired) electrons. The van der Waals surface area contributed by atoms with Crippen LogP contribution >= 0.6 is 0 Å². The van der Waals surface area contributed by atoms with Gasteiger partial charge in [-0.3, -0.25) is 9.59 Å². The minimum absolute atomic E-state index is 0.0111. The maximum absolute atomic E-state index is 13.6. The minimum atomic E-state index is -3.13. The van der Waals surface area contributed by atoms with Gasteiger partial charge in [0.05, 0.1) is 5.54 Å². The molecule has 3 heterocycles. The molecule has 0 aromatic heterocycles. The highest BCUT2D eigenvalue weighted by atomic mass is 19.1. The second kappa shape index (κ2) is 7.00. The highest BCUT2D eigenvalue weighted by Gasteiger charge is 2.50. The fourth-order valence-electron chi connectivity index (χ4n) is 2.82. The maximum atomic E-state index is 13.6. The monoisotopic (exact) mass is 336 g/mol. The number of amides is 1. The summed E-state index contributed by atoms with van der Waals surface area (Å²) in [7, 11) is -3.13. The number of halogens is 1. The third-order valence-corrected chi connectivity index (χ3v) is 4.25. The Bertz CT molecular complexity index is 587. The van der Waals surface area contributed by atoms with Gasteiger partial charge in [-0.15, -0.1) is 0 Å². The van der Waals surface area contributed by atoms with Crippen molar-refractivity contribution >= 4 is 18.7 Å². The predicted molar refractivity (Wildman–Crippen MR) is 84.6 cm³/mol. The number of nitrogens with one attached hydrogen (secondary N) is 1. The third-order valence-electron chi connectivity index (χ3n) is 4.25. The van der Waals surface area contributed by atoms with E-state index >= 15 is 0 Å². The molecule has 0 atom stereocenters. The number of hydrogen-bond acceptors (Lipinski definition) is 5. The van der Waals surface area contributed by atoms with E-state index in [4.69, 9.17) is 14.0 Å². The molecule has 0 aliphatic carbocycles. The summed E-state index contributed by atoms with van der Waals surface area (Å²) in [4.78, 5) is 23.9. The van der Waals surface area contributed by atoms with Gasteiger partial charge in [-0.05, 0) is 12.0 Å². The lowest BCUT2D eigenvalue weighted by atomic mass is 9.91. The number of benzene rings is 1. The van der Waals surface area contributed by atoms with E-state index in [1.54, 1.807) is 0 Å². The van der Waals surface area contributed by atoms with Crippen molar-refractivity contribution in [1.82, 2.24) is 5.32 Å². The summed E-state index contributed by atoms with van der Waals surface area (Å²) >= 11 is 0. The van der Waals surface area contributed by atoms with Gasteiger partial charge in [0.25, 0.3) is 0 Å². The maximum Gasteiger partial charge on any atom is 0.566 e. The van der Waals surface area contributed by atoms with Crippen LogP contribution in [0.4, 0.5) is 4.32 Å². The molecule has 3 aliphatic rings. The van der Waals surface area contributed by atoms with E-state index in [-0.39, 0.29) is 44.4 Å². The van der Waals surface area contributed by atoms with Crippen LogP contribution in [0.2, 0.25) is 0 Å². The van der Waals surface area contributed by atoms with Crippen molar-refractivity contribution < 1.29 is 27.9 Å². The van der Waals surface area contributed by atoms with Crippen LogP contribution in [-0.2, 0) is 30.0 Å². The first-order valence-corrected chi connectivity index (χ1v) is 8.09. The lowest BCUT2D eigenvalue weighted by Gasteiger charge is -2.54. The fraction of sp³-hybridized carbons (Fsp3) is 0.500. The van der Waals surface area contributed by atoms with Gasteiger partial charge >= 0.3 is 7.03 Å². The zero-order valence-electron chi connectivity index (χ0n) is 13.3. The number of carbonyl (C=O) groups excluding carboxylic acids is 2. The molecular formula is C16H20BFNO5-. The smallest absolute Gasteiger partial charge is 0.513 e. The molecule has 3 fully saturated rings. The summed E-state index contributed by atoms with van der Waals surface area (Å²) in [6, 6.07) is 9.73. The summed E-state index contributed by atoms with van der Waals surface area (Å²) in [5, 5.41) is 2.74. The molecule has 4 rings (SSSR count). The van der Waals surface area contributed by atoms with Gasteiger partial charge in [0, 0.05) is 39.1 Å². The first-order chi connectivity index (χ1) is 11.5. The number of carbonyl (C=O) groups is 2. The van der Waals surface area contributed by atoms with Crippen molar-refractivity contribution in [1.29, 1.82) is 0 Å². The van der Waals surface area contributed by atoms with E-state index in [1.807, 2.05) is 30.3 Å². The summed E-state index contributed by atoms with van der Waals surface area (Å²) in [6.45, 7) is 0.0333. The van der Waals surface area contributed by atoms with Crippen LogP contribution in [0.25, 0.3) is 0 Å². The van der Waals surface area contributed by atoms with Gasteiger partial charge in [-0.25, -0.2) is 0 Å². The van der Waals surface area contributed by atoms with E-state index < -0.39 is 12.6 Å². The van der Waals surface area contributed by atoms with Crippen molar-refractivity contribution in [2.75, 3.05) is 19.8 Å². The van der Waals surface area contributed by atoms with Crippen LogP contribution in [0.3, 0.4) is 0 Å². The van der Waals surface area contributed by atoms with Crippen molar-refractivity contribution in [2.45, 2.75) is 31.2 Å². The van der Waals surface area contributed by atoms with E-state index in [9.17, 15) is 13.9 Å². The molecular weight excluding hydrogens is 316 g/mol. The molecule has 130 valence electrons. The molecule has 0 spiro atoms. The predicted octanol–water partition coefficient (Wildman–Crippen LogP) is 1.31. The lowest BCUT2D eigenvalue weighted by molar-refractivity contribution is -0.146. The molecule has 2 bridgehead atoms. The molecule has 1 aromatic carbocycles. The van der Waals surface area contributed by atoms with Gasteiger partial charge in [-0.1, -0.05) is 30.3 Å². The molecule has 3 aliphatic heterocycles. The standard InChI is InChI=1S/C16H20BFNO5/c18-17-22-10-16(11-23-17,12-24-17)19-15(21)9-8-14(20)7-6-13-4-2-1-3-5-13/h1-5H,6-12H2,(H,19,21)/q-1. The summed E-state index contributed by atoms with van der Waals surface area (Å²) in [5.74, 6) is -0.256. The van der Waals surface area contributed by atoms with Gasteiger partial charge in [0.1, 0.15) is 5.78 Å². The molecule has 8 heteroatoms. The Morgan fingerprint density at radius 3 is 2.29 bits per heavy atom. The molecule has 1 aromatic rings. The van der Waals surface area contributed by atoms with Crippen molar-refractivity contribution in [3.63, 3.8) is 0 Å². The molecule has 24 heavy (non-hydrogen) atoms. The molecule has 6 nitrogen and oxygen atoms in total. The van der Waals surface area contributed by atoms with Crippen LogP contribution in [0.1, 0.15) is 24.8 Å². The summed E-state index contributed by atoms with van der Waals surface area (Å²) in [6.07, 6.45) is 1.33. The molecule has 0 saturated carbocycles. The van der Waals surface area contributed by atoms with E-state index in [1.165, 1.54) is 0 Å². The topological polar surface area (TPSA) is 73.9 Å². The normalized spacial score (nSPS) is 28.5. The second-order valence-electron chi connectivity index (χ2n) is 6.34. The zero-order chi connectivity index (χ0) is 17.0. The van der Waals surface area contributed by atoms with Crippen LogP contribution in [0.15, 0.2) is 30.3 Å². The van der Waals surface area contributed by atoms with E-state index in [0.717, 1.165) is 5.56 Å². The Hall–Kier alpha value is -1.77. The largest absolute Gasteiger partial charge is 0.566 e. The Morgan fingerprint density at radius 1 is 1.04 bits per heavy atom. The zero-order valence-corrected chi connectivity index (χ0v) is 13.3. The van der Waals surface area contributed by atoms with Crippen molar-refractivity contribution in [3.8, 4) is 0 Å². The number of hydrogen-bond donors (Lipinski definition) is 1. The average molecular weight is 336 g/mol. The summed E-state index contributed by atoms with van der Waals surface area (Å²) in [5.41, 5.74) is 0.237. The average Bonchev–Trinajstić information content (AvgIpc) is 2.60. The first kappa shape index (κ1) is 17.1. The SMILES string of the molecule is O=C(CCC(=O)NC12CO[B-](F)(OC1)OC2)CCc1ccccc1. The number of rotatable bonds is 7. The van der Waals surface area contributed by atoms with Gasteiger partial charge in [-0.2, -0.15) is 0 Å². The molecule has 0 unspecified atom stereocenters. The van der Waals surface area contributed by atoms with Crippen LogP contribution < -0.4 is 5.32 Å². The number of Topliss-reactive ketones (excluding diaryl/α,β-unsaturated/α-hetero) is 1. The number of ketones is 1. The number of aryl methyl sites for hydroxylation is 1. The minimum Gasteiger partial charge on any atom is -0.513 e. The third kappa shape index (κ3) is 4.20. The van der Waals surface area contributed by atoms with Gasteiger partial charge in [0.15, 0.2) is 0 Å². The van der Waals surface area contributed by atoms with E-state index in [0.29, 0.717) is 12.8 Å². The van der Waals surface area contributed by atoms with Crippen molar-refractivity contribution in [3.05, 3.63) is 35.9 Å². The highest BCUT2D eigenvalue weighted by Crippen LogP contribution is 2.30.